The number of ether oxygens (including phenoxy) is 2. The Morgan fingerprint density at radius 1 is 0.919 bits per heavy atom. The molecule has 1 N–H and O–H groups in total. The summed E-state index contributed by atoms with van der Waals surface area (Å²) in [5.74, 6) is -1.02. The van der Waals surface area contributed by atoms with Gasteiger partial charge in [-0.2, -0.15) is 0 Å². The third-order valence-corrected chi connectivity index (χ3v) is 6.33. The normalized spacial score (nSPS) is 13.1. The zero-order valence-corrected chi connectivity index (χ0v) is 22.2. The van der Waals surface area contributed by atoms with Crippen molar-refractivity contribution in [3.63, 3.8) is 0 Å². The fourth-order valence-electron chi connectivity index (χ4n) is 4.01. The Morgan fingerprint density at radius 3 is 2.16 bits per heavy atom. The maximum atomic E-state index is 13.1. The number of nitrogens with one attached hydrogen (secondary N) is 1. The average Bonchev–Trinajstić information content (AvgIpc) is 2.91. The first-order valence-corrected chi connectivity index (χ1v) is 13.3. The van der Waals surface area contributed by atoms with Gasteiger partial charge in [0.05, 0.1) is 6.04 Å². The van der Waals surface area contributed by atoms with Crippen molar-refractivity contribution < 1.29 is 23.9 Å². The fourth-order valence-corrected chi connectivity index (χ4v) is 4.01. The largest absolute Gasteiger partial charge is 0.461 e. The van der Waals surface area contributed by atoms with E-state index in [1.807, 2.05) is 67.6 Å². The second-order valence-electron chi connectivity index (χ2n) is 9.42. The van der Waals surface area contributed by atoms with Gasteiger partial charge in [0, 0.05) is 5.92 Å². The van der Waals surface area contributed by atoms with Gasteiger partial charge in [0.1, 0.15) is 19.1 Å². The molecule has 6 nitrogen and oxygen atoms in total. The number of carbonyl (C=O) groups is 3. The van der Waals surface area contributed by atoms with Crippen molar-refractivity contribution >= 4 is 17.8 Å². The highest BCUT2D eigenvalue weighted by Crippen LogP contribution is 2.18. The summed E-state index contributed by atoms with van der Waals surface area (Å²) in [5, 5.41) is 2.65. The lowest BCUT2D eigenvalue weighted by Crippen LogP contribution is -2.43. The van der Waals surface area contributed by atoms with Gasteiger partial charge in [0.2, 0.25) is 0 Å². The Bertz CT molecular complexity index is 960. The van der Waals surface area contributed by atoms with Gasteiger partial charge in [-0.15, -0.1) is 6.58 Å². The number of rotatable bonds is 17. The topological polar surface area (TPSA) is 81.7 Å². The molecule has 3 atom stereocenters. The summed E-state index contributed by atoms with van der Waals surface area (Å²) >= 11 is 0. The van der Waals surface area contributed by atoms with Crippen LogP contribution in [0.15, 0.2) is 73.3 Å². The molecule has 0 spiro atoms. The molecule has 0 heterocycles. The molecule has 0 bridgehead atoms. The molecule has 0 aliphatic rings. The van der Waals surface area contributed by atoms with Gasteiger partial charge < -0.3 is 14.8 Å². The Balaban J connectivity index is 1.98. The van der Waals surface area contributed by atoms with E-state index in [0.29, 0.717) is 0 Å². The number of ketones is 1. The third kappa shape index (κ3) is 11.9. The Morgan fingerprint density at radius 2 is 1.54 bits per heavy atom. The maximum Gasteiger partial charge on any atom is 0.408 e. The molecule has 2 aromatic rings. The lowest BCUT2D eigenvalue weighted by atomic mass is 9.98. The highest BCUT2D eigenvalue weighted by Gasteiger charge is 2.27. The number of esters is 1. The number of benzene rings is 2. The number of alkyl carbamates (subject to hydrolysis) is 1. The van der Waals surface area contributed by atoms with E-state index in [2.05, 4.69) is 18.8 Å². The predicted octanol–water partition coefficient (Wildman–Crippen LogP) is 6.58. The molecule has 2 aromatic carbocycles. The van der Waals surface area contributed by atoms with Gasteiger partial charge in [-0.3, -0.25) is 9.59 Å². The van der Waals surface area contributed by atoms with E-state index in [1.165, 1.54) is 12.8 Å². The van der Waals surface area contributed by atoms with Crippen molar-refractivity contribution in [3.8, 4) is 0 Å². The van der Waals surface area contributed by atoms with E-state index in [1.54, 1.807) is 6.08 Å². The van der Waals surface area contributed by atoms with Crippen LogP contribution in [0.3, 0.4) is 0 Å². The van der Waals surface area contributed by atoms with E-state index >= 15 is 0 Å². The second kappa shape index (κ2) is 17.1. The van der Waals surface area contributed by atoms with Gasteiger partial charge in [-0.1, -0.05) is 106 Å². The van der Waals surface area contributed by atoms with E-state index in [-0.39, 0.29) is 25.0 Å². The lowest BCUT2D eigenvalue weighted by molar-refractivity contribution is -0.153. The van der Waals surface area contributed by atoms with E-state index in [9.17, 15) is 14.4 Å². The first-order valence-electron chi connectivity index (χ1n) is 13.3. The number of hydrogen-bond acceptors (Lipinski definition) is 5. The molecule has 0 aromatic heterocycles. The first kappa shape index (κ1) is 29.8. The van der Waals surface area contributed by atoms with E-state index in [0.717, 1.165) is 36.8 Å². The van der Waals surface area contributed by atoms with Crippen LogP contribution in [-0.4, -0.2) is 30.0 Å². The van der Waals surface area contributed by atoms with Gasteiger partial charge in [0.25, 0.3) is 0 Å². The summed E-state index contributed by atoms with van der Waals surface area (Å²) < 4.78 is 11.0. The van der Waals surface area contributed by atoms with Crippen LogP contribution in [0.2, 0.25) is 0 Å². The van der Waals surface area contributed by atoms with Gasteiger partial charge in [0.15, 0.2) is 5.78 Å². The minimum absolute atomic E-state index is 0.0172. The van der Waals surface area contributed by atoms with Crippen LogP contribution < -0.4 is 5.32 Å². The SMILES string of the molecule is C=C[C@@H](C)[C@@H](CCCCCCC)OC(=O)CC(=O)[C@H](Cc1ccccc1)NC(=O)OCc1ccccc1. The molecule has 0 aliphatic heterocycles. The summed E-state index contributed by atoms with van der Waals surface area (Å²) in [7, 11) is 0. The highest BCUT2D eigenvalue weighted by atomic mass is 16.6. The molecule has 37 heavy (non-hydrogen) atoms. The summed E-state index contributed by atoms with van der Waals surface area (Å²) in [6.45, 7) is 8.05. The van der Waals surface area contributed by atoms with Crippen LogP contribution in [-0.2, 0) is 32.1 Å². The van der Waals surface area contributed by atoms with Crippen LogP contribution in [0.25, 0.3) is 0 Å². The van der Waals surface area contributed by atoms with Crippen molar-refractivity contribution in [1.82, 2.24) is 5.32 Å². The average molecular weight is 508 g/mol. The zero-order valence-electron chi connectivity index (χ0n) is 22.2. The molecule has 6 heteroatoms. The molecular formula is C31H41NO5. The molecular weight excluding hydrogens is 466 g/mol. The van der Waals surface area contributed by atoms with E-state index in [4.69, 9.17) is 9.47 Å². The van der Waals surface area contributed by atoms with Crippen molar-refractivity contribution in [2.24, 2.45) is 5.92 Å². The smallest absolute Gasteiger partial charge is 0.408 e. The maximum absolute atomic E-state index is 13.1. The molecule has 0 radical (unpaired) electrons. The predicted molar refractivity (Wildman–Crippen MR) is 146 cm³/mol. The number of amides is 1. The Kier molecular flexibility index (Phi) is 13.8. The summed E-state index contributed by atoms with van der Waals surface area (Å²) in [4.78, 5) is 38.4. The first-order chi connectivity index (χ1) is 17.9. The molecule has 1 amide bonds. The summed E-state index contributed by atoms with van der Waals surface area (Å²) in [6.07, 6.45) is 6.85. The fraction of sp³-hybridized carbons (Fsp3) is 0.452. The zero-order chi connectivity index (χ0) is 26.9. The molecule has 0 aliphatic carbocycles. The molecule has 0 fully saturated rings. The number of hydrogen-bond donors (Lipinski definition) is 1. The van der Waals surface area contributed by atoms with Crippen LogP contribution >= 0.6 is 0 Å². The Hall–Kier alpha value is -3.41. The highest BCUT2D eigenvalue weighted by molar-refractivity contribution is 5.99. The molecule has 200 valence electrons. The summed E-state index contributed by atoms with van der Waals surface area (Å²) in [5.41, 5.74) is 1.70. The van der Waals surface area contributed by atoms with Crippen molar-refractivity contribution in [1.29, 1.82) is 0 Å². The molecule has 2 rings (SSSR count). The van der Waals surface area contributed by atoms with Gasteiger partial charge in [-0.05, 0) is 30.4 Å². The Labute approximate surface area is 221 Å². The lowest BCUT2D eigenvalue weighted by Gasteiger charge is -2.23. The van der Waals surface area contributed by atoms with Gasteiger partial charge >= 0.3 is 12.1 Å². The summed E-state index contributed by atoms with van der Waals surface area (Å²) in [6, 6.07) is 17.7. The van der Waals surface area contributed by atoms with E-state index < -0.39 is 30.3 Å². The standard InChI is InChI=1S/C31H41NO5/c1-4-6-7-8-15-20-29(24(3)5-2)37-30(34)22-28(33)27(21-25-16-11-9-12-17-25)32-31(35)36-23-26-18-13-10-14-19-26/h5,9-14,16-19,24,27,29H,2,4,6-8,15,20-23H2,1,3H3,(H,32,35)/t24-,27+,29-/m1/s1. The molecule has 0 saturated carbocycles. The number of Topliss-reactive ketones (excluding diaryl/α,β-unsaturated/α-hetero) is 1. The van der Waals surface area contributed by atoms with Crippen LogP contribution in [0.1, 0.15) is 69.9 Å². The van der Waals surface area contributed by atoms with Crippen molar-refractivity contribution in [3.05, 3.63) is 84.4 Å². The van der Waals surface area contributed by atoms with Crippen molar-refractivity contribution in [2.75, 3.05) is 0 Å². The minimum atomic E-state index is -0.914. The second-order valence-corrected chi connectivity index (χ2v) is 9.42. The van der Waals surface area contributed by atoms with Crippen LogP contribution in [0.4, 0.5) is 4.79 Å². The van der Waals surface area contributed by atoms with Crippen LogP contribution in [0, 0.1) is 5.92 Å². The van der Waals surface area contributed by atoms with Crippen LogP contribution in [0.5, 0.6) is 0 Å². The quantitative estimate of drug-likeness (QED) is 0.113. The third-order valence-electron chi connectivity index (χ3n) is 6.33. The van der Waals surface area contributed by atoms with Gasteiger partial charge in [-0.25, -0.2) is 4.79 Å². The number of carbonyl (C=O) groups excluding carboxylic acids is 3. The molecule has 0 unspecified atom stereocenters. The van der Waals surface area contributed by atoms with Crippen molar-refractivity contribution in [2.45, 2.75) is 84.0 Å². The number of unbranched alkanes of at least 4 members (excludes halogenated alkanes) is 4. The molecule has 0 saturated heterocycles. The monoisotopic (exact) mass is 507 g/mol. The minimum Gasteiger partial charge on any atom is -0.461 e.